The molecule has 32 heavy (non-hydrogen) atoms. The average molecular weight is 439 g/mol. The summed E-state index contributed by atoms with van der Waals surface area (Å²) in [6, 6.07) is 18.0. The van der Waals surface area contributed by atoms with Gasteiger partial charge < -0.3 is 10.1 Å². The van der Waals surface area contributed by atoms with Crippen LogP contribution in [-0.2, 0) is 6.54 Å². The maximum atomic E-state index is 9.12. The fourth-order valence-electron chi connectivity index (χ4n) is 3.16. The zero-order valence-corrected chi connectivity index (χ0v) is 21.4. The minimum atomic E-state index is -0.330. The zero-order chi connectivity index (χ0) is 24.6. The van der Waals surface area contributed by atoms with Gasteiger partial charge in [0.25, 0.3) is 0 Å². The number of hydrogen-bond donors (Lipinski definition) is 2. The number of nitrogens with zero attached hydrogens (tertiary/aromatic N) is 2. The van der Waals surface area contributed by atoms with Gasteiger partial charge in [-0.1, -0.05) is 97.0 Å². The van der Waals surface area contributed by atoms with Crippen molar-refractivity contribution in [1.82, 2.24) is 10.6 Å². The van der Waals surface area contributed by atoms with E-state index in [1.54, 1.807) is 0 Å². The second-order valence-corrected chi connectivity index (χ2v) is 7.04. The van der Waals surface area contributed by atoms with Crippen molar-refractivity contribution in [3.05, 3.63) is 65.7 Å². The fraction of sp³-hybridized carbons (Fsp3) is 0.481. The van der Waals surface area contributed by atoms with Gasteiger partial charge in [0.15, 0.2) is 6.19 Å². The SMILES string of the molecule is CC.CC.CC.CC1C(NC(=NCc2ccccc2)NC#N)c2ccccc2OC1(C)C. The van der Waals surface area contributed by atoms with Crippen LogP contribution in [0.5, 0.6) is 5.75 Å². The first-order valence-electron chi connectivity index (χ1n) is 11.8. The van der Waals surface area contributed by atoms with Crippen molar-refractivity contribution in [2.45, 2.75) is 80.5 Å². The Morgan fingerprint density at radius 3 is 2.12 bits per heavy atom. The molecule has 5 nitrogen and oxygen atoms in total. The summed E-state index contributed by atoms with van der Waals surface area (Å²) in [5.74, 6) is 1.52. The van der Waals surface area contributed by atoms with Crippen LogP contribution < -0.4 is 15.4 Å². The Morgan fingerprint density at radius 1 is 0.969 bits per heavy atom. The lowest BCUT2D eigenvalue weighted by atomic mass is 9.80. The number of rotatable bonds is 3. The first-order valence-corrected chi connectivity index (χ1v) is 11.8. The Balaban J connectivity index is 0.00000148. The number of para-hydroxylation sites is 1. The van der Waals surface area contributed by atoms with Gasteiger partial charge in [0, 0.05) is 11.5 Å². The summed E-state index contributed by atoms with van der Waals surface area (Å²) in [7, 11) is 0. The summed E-state index contributed by atoms with van der Waals surface area (Å²) < 4.78 is 6.17. The number of ether oxygens (including phenoxy) is 1. The summed E-state index contributed by atoms with van der Waals surface area (Å²) in [5, 5.41) is 15.2. The van der Waals surface area contributed by atoms with E-state index in [9.17, 15) is 0 Å². The molecule has 1 heterocycles. The smallest absolute Gasteiger partial charge is 0.205 e. The van der Waals surface area contributed by atoms with Gasteiger partial charge in [0.1, 0.15) is 11.4 Å². The number of aliphatic imine (C=N–C) groups is 1. The molecule has 0 aromatic heterocycles. The standard InChI is InChI=1S/C21H24N4O.3C2H6/c1-15-19(17-11-7-8-12-18(17)26-21(15,2)3)25-20(24-14-22)23-13-16-9-5-4-6-10-16;3*1-2/h4-12,15,19H,13H2,1-3H3,(H2,23,24,25);3*1-2H3. The molecule has 0 saturated heterocycles. The molecule has 2 atom stereocenters. The minimum absolute atomic E-state index is 0.00896. The summed E-state index contributed by atoms with van der Waals surface area (Å²) in [5.41, 5.74) is 1.84. The van der Waals surface area contributed by atoms with Crippen LogP contribution in [0.4, 0.5) is 0 Å². The van der Waals surface area contributed by atoms with E-state index in [1.165, 1.54) is 0 Å². The van der Waals surface area contributed by atoms with E-state index in [1.807, 2.05) is 96.3 Å². The van der Waals surface area contributed by atoms with Gasteiger partial charge in [-0.15, -0.1) is 0 Å². The molecule has 0 bridgehead atoms. The van der Waals surface area contributed by atoms with Crippen LogP contribution in [0.15, 0.2) is 59.6 Å². The molecule has 2 N–H and O–H groups in total. The molecule has 1 aliphatic heterocycles. The van der Waals surface area contributed by atoms with Crippen molar-refractivity contribution in [2.24, 2.45) is 10.9 Å². The van der Waals surface area contributed by atoms with E-state index in [4.69, 9.17) is 10.00 Å². The van der Waals surface area contributed by atoms with Gasteiger partial charge in [-0.2, -0.15) is 5.26 Å². The van der Waals surface area contributed by atoms with Gasteiger partial charge in [-0.05, 0) is 25.5 Å². The van der Waals surface area contributed by atoms with Crippen LogP contribution in [0, 0.1) is 17.4 Å². The van der Waals surface area contributed by atoms with Crippen molar-refractivity contribution in [2.75, 3.05) is 0 Å². The first-order chi connectivity index (χ1) is 15.5. The highest BCUT2D eigenvalue weighted by Crippen LogP contribution is 2.43. The van der Waals surface area contributed by atoms with Gasteiger partial charge in [-0.25, -0.2) is 4.99 Å². The van der Waals surface area contributed by atoms with E-state index in [0.717, 1.165) is 16.9 Å². The zero-order valence-electron chi connectivity index (χ0n) is 21.4. The number of benzene rings is 2. The van der Waals surface area contributed by atoms with Crippen molar-refractivity contribution in [3.63, 3.8) is 0 Å². The third-order valence-corrected chi connectivity index (χ3v) is 4.95. The maximum Gasteiger partial charge on any atom is 0.205 e. The quantitative estimate of drug-likeness (QED) is 0.238. The molecule has 0 fully saturated rings. The second kappa shape index (κ2) is 15.8. The van der Waals surface area contributed by atoms with Crippen molar-refractivity contribution in [3.8, 4) is 11.9 Å². The normalized spacial score (nSPS) is 17.7. The molecule has 2 aromatic rings. The summed E-state index contributed by atoms with van der Waals surface area (Å²) in [6.07, 6.45) is 1.98. The van der Waals surface area contributed by atoms with E-state index in [0.29, 0.717) is 12.5 Å². The molecule has 0 radical (unpaired) electrons. The van der Waals surface area contributed by atoms with Gasteiger partial charge in [-0.3, -0.25) is 5.32 Å². The van der Waals surface area contributed by atoms with Gasteiger partial charge >= 0.3 is 0 Å². The monoisotopic (exact) mass is 438 g/mol. The highest BCUT2D eigenvalue weighted by atomic mass is 16.5. The molecule has 176 valence electrons. The summed E-state index contributed by atoms with van der Waals surface area (Å²) in [4.78, 5) is 4.56. The Bertz CT molecular complexity index is 825. The largest absolute Gasteiger partial charge is 0.487 e. The predicted octanol–water partition coefficient (Wildman–Crippen LogP) is 6.83. The Labute approximate surface area is 195 Å². The molecule has 0 spiro atoms. The van der Waals surface area contributed by atoms with E-state index in [2.05, 4.69) is 42.5 Å². The predicted molar refractivity (Wildman–Crippen MR) is 137 cm³/mol. The lowest BCUT2D eigenvalue weighted by Gasteiger charge is -2.43. The Morgan fingerprint density at radius 2 is 1.53 bits per heavy atom. The number of guanidine groups is 1. The number of nitrogens with one attached hydrogen (secondary N) is 2. The molecule has 1 aliphatic rings. The maximum absolute atomic E-state index is 9.12. The van der Waals surface area contributed by atoms with E-state index in [-0.39, 0.29) is 17.6 Å². The van der Waals surface area contributed by atoms with Crippen molar-refractivity contribution in [1.29, 1.82) is 5.26 Å². The van der Waals surface area contributed by atoms with Crippen LogP contribution in [-0.4, -0.2) is 11.6 Å². The molecule has 2 aromatic carbocycles. The van der Waals surface area contributed by atoms with Crippen LogP contribution in [0.2, 0.25) is 0 Å². The van der Waals surface area contributed by atoms with Crippen molar-refractivity contribution >= 4 is 5.96 Å². The molecule has 0 saturated carbocycles. The van der Waals surface area contributed by atoms with Gasteiger partial charge in [0.05, 0.1) is 12.6 Å². The third-order valence-electron chi connectivity index (χ3n) is 4.95. The second-order valence-electron chi connectivity index (χ2n) is 7.04. The van der Waals surface area contributed by atoms with Crippen LogP contribution >= 0.6 is 0 Å². The molecule has 0 amide bonds. The molecule has 3 rings (SSSR count). The van der Waals surface area contributed by atoms with Crippen LogP contribution in [0.3, 0.4) is 0 Å². The lowest BCUT2D eigenvalue weighted by molar-refractivity contribution is 0.0158. The molecular weight excluding hydrogens is 396 g/mol. The summed E-state index contributed by atoms with van der Waals surface area (Å²) >= 11 is 0. The molecule has 2 unspecified atom stereocenters. The first kappa shape index (κ1) is 29.0. The van der Waals surface area contributed by atoms with E-state index >= 15 is 0 Å². The highest BCUT2D eigenvalue weighted by Gasteiger charge is 2.41. The van der Waals surface area contributed by atoms with Crippen LogP contribution in [0.25, 0.3) is 0 Å². The number of fused-ring (bicyclic) bond motifs is 1. The van der Waals surface area contributed by atoms with Crippen molar-refractivity contribution < 1.29 is 4.74 Å². The Hall–Kier alpha value is -3.00. The van der Waals surface area contributed by atoms with Gasteiger partial charge in [0.2, 0.25) is 5.96 Å². The highest BCUT2D eigenvalue weighted by molar-refractivity contribution is 5.81. The molecular formula is C27H42N4O. The Kier molecular flexibility index (Phi) is 14.3. The topological polar surface area (TPSA) is 69.4 Å². The average Bonchev–Trinajstić information content (AvgIpc) is 2.84. The minimum Gasteiger partial charge on any atom is -0.487 e. The van der Waals surface area contributed by atoms with Crippen LogP contribution in [0.1, 0.15) is 79.5 Å². The molecule has 5 heteroatoms. The fourth-order valence-corrected chi connectivity index (χ4v) is 3.16. The van der Waals surface area contributed by atoms with E-state index < -0.39 is 0 Å². The number of nitriles is 1. The molecule has 0 aliphatic carbocycles. The lowest BCUT2D eigenvalue weighted by Crippen LogP contribution is -2.50. The summed E-state index contributed by atoms with van der Waals surface area (Å²) in [6.45, 7) is 18.8. The number of hydrogen-bond acceptors (Lipinski definition) is 3. The third kappa shape index (κ3) is 8.26.